The molecule has 5 atom stereocenters. The zero-order valence-electron chi connectivity index (χ0n) is 12.4. The molecular formula is C20H24. The molecule has 20 heavy (non-hydrogen) atoms. The second-order valence-corrected chi connectivity index (χ2v) is 7.95. The number of fused-ring (bicyclic) bond motifs is 3. The van der Waals surface area contributed by atoms with Crippen LogP contribution in [0.3, 0.4) is 0 Å². The minimum absolute atomic E-state index is 0.550. The van der Waals surface area contributed by atoms with Gasteiger partial charge in [-0.25, -0.2) is 0 Å². The molecule has 0 amide bonds. The van der Waals surface area contributed by atoms with E-state index in [9.17, 15) is 0 Å². The second kappa shape index (κ2) is 3.59. The van der Waals surface area contributed by atoms with E-state index in [4.69, 9.17) is 0 Å². The van der Waals surface area contributed by atoms with Crippen LogP contribution < -0.4 is 0 Å². The Morgan fingerprint density at radius 2 is 1.95 bits per heavy atom. The van der Waals surface area contributed by atoms with Gasteiger partial charge in [0.05, 0.1) is 0 Å². The molecule has 1 aromatic carbocycles. The molecule has 2 fully saturated rings. The summed E-state index contributed by atoms with van der Waals surface area (Å²) in [6.07, 6.45) is 13.8. The van der Waals surface area contributed by atoms with Crippen molar-refractivity contribution in [3.63, 3.8) is 0 Å². The molecule has 1 aromatic rings. The predicted molar refractivity (Wildman–Crippen MR) is 82.6 cm³/mol. The van der Waals surface area contributed by atoms with Gasteiger partial charge in [0.25, 0.3) is 0 Å². The second-order valence-electron chi connectivity index (χ2n) is 7.95. The molecule has 104 valence electrons. The van der Waals surface area contributed by atoms with Crippen LogP contribution in [0.25, 0.3) is 0 Å². The van der Waals surface area contributed by atoms with Gasteiger partial charge in [0.1, 0.15) is 0 Å². The standard InChI is InChI=1S/C20H24/c1-19-11-10-17-16-5-3-2-4-14(16)6-7-18(17)20(19)12-8-15(19)9-13-20/h2-5,8,12,15,17-18H,6-7,9-11,13H2,1H3/t15-,17-,18-,19-,20+/m1/s1. The number of benzene rings is 1. The molecule has 0 heterocycles. The highest BCUT2D eigenvalue weighted by atomic mass is 14.7. The van der Waals surface area contributed by atoms with Crippen LogP contribution in [0, 0.1) is 22.7 Å². The molecule has 0 N–H and O–H groups in total. The van der Waals surface area contributed by atoms with Gasteiger partial charge < -0.3 is 0 Å². The van der Waals surface area contributed by atoms with Gasteiger partial charge in [-0.1, -0.05) is 43.3 Å². The Hall–Kier alpha value is -1.04. The monoisotopic (exact) mass is 264 g/mol. The van der Waals surface area contributed by atoms with Gasteiger partial charge in [0, 0.05) is 0 Å². The van der Waals surface area contributed by atoms with Crippen molar-refractivity contribution < 1.29 is 0 Å². The van der Waals surface area contributed by atoms with E-state index in [0.717, 1.165) is 17.8 Å². The van der Waals surface area contributed by atoms with Crippen molar-refractivity contribution >= 4 is 0 Å². The number of aryl methyl sites for hydroxylation is 1. The first-order chi connectivity index (χ1) is 9.75. The molecule has 0 heteroatoms. The lowest BCUT2D eigenvalue weighted by Gasteiger charge is -2.55. The SMILES string of the molecule is C[C@]12CC[C@@H]3c4ccccc4CC[C@H]3[C@@]13C=C[C@@H]2CC3. The molecule has 0 nitrogen and oxygen atoms in total. The smallest absolute Gasteiger partial charge is 0.00244 e. The summed E-state index contributed by atoms with van der Waals surface area (Å²) >= 11 is 0. The minimum Gasteiger partial charge on any atom is -0.0843 e. The number of rotatable bonds is 0. The van der Waals surface area contributed by atoms with Gasteiger partial charge in [0.2, 0.25) is 0 Å². The van der Waals surface area contributed by atoms with E-state index in [0.29, 0.717) is 10.8 Å². The molecular weight excluding hydrogens is 240 g/mol. The Balaban J connectivity index is 1.65. The van der Waals surface area contributed by atoms with Crippen LogP contribution in [0.5, 0.6) is 0 Å². The van der Waals surface area contributed by atoms with Crippen LogP contribution in [-0.2, 0) is 6.42 Å². The lowest BCUT2D eigenvalue weighted by atomic mass is 9.48. The maximum atomic E-state index is 2.67. The molecule has 0 aromatic heterocycles. The largest absolute Gasteiger partial charge is 0.0843 e. The van der Waals surface area contributed by atoms with Gasteiger partial charge >= 0.3 is 0 Å². The summed E-state index contributed by atoms with van der Waals surface area (Å²) in [6, 6.07) is 9.29. The first kappa shape index (κ1) is 11.6. The van der Waals surface area contributed by atoms with Gasteiger partial charge in [-0.3, -0.25) is 0 Å². The summed E-state index contributed by atoms with van der Waals surface area (Å²) in [5, 5.41) is 0. The van der Waals surface area contributed by atoms with Crippen LogP contribution in [0.2, 0.25) is 0 Å². The van der Waals surface area contributed by atoms with Crippen LogP contribution >= 0.6 is 0 Å². The Morgan fingerprint density at radius 1 is 1.05 bits per heavy atom. The number of hydrogen-bond acceptors (Lipinski definition) is 0. The van der Waals surface area contributed by atoms with E-state index in [1.165, 1.54) is 38.5 Å². The molecule has 0 spiro atoms. The Bertz CT molecular complexity index is 598. The van der Waals surface area contributed by atoms with Crippen LogP contribution in [0.1, 0.15) is 56.1 Å². The highest BCUT2D eigenvalue weighted by molar-refractivity contribution is 5.39. The lowest BCUT2D eigenvalue weighted by Crippen LogP contribution is -2.47. The molecule has 0 unspecified atom stereocenters. The molecule has 0 saturated heterocycles. The highest BCUT2D eigenvalue weighted by Gasteiger charge is 2.64. The summed E-state index contributed by atoms with van der Waals surface area (Å²) in [7, 11) is 0. The molecule has 0 radical (unpaired) electrons. The number of hydrogen-bond donors (Lipinski definition) is 0. The van der Waals surface area contributed by atoms with Crippen LogP contribution in [0.4, 0.5) is 0 Å². The third-order valence-corrected chi connectivity index (χ3v) is 7.68. The predicted octanol–water partition coefficient (Wildman–Crippen LogP) is 5.10. The van der Waals surface area contributed by atoms with Crippen molar-refractivity contribution in [2.24, 2.45) is 22.7 Å². The highest BCUT2D eigenvalue weighted by Crippen LogP contribution is 2.73. The van der Waals surface area contributed by atoms with E-state index in [1.54, 1.807) is 11.1 Å². The Labute approximate surface area is 122 Å². The van der Waals surface area contributed by atoms with Gasteiger partial charge in [-0.15, -0.1) is 0 Å². The molecule has 4 aliphatic rings. The summed E-state index contributed by atoms with van der Waals surface area (Å²) in [5.74, 6) is 2.65. The fourth-order valence-electron chi connectivity index (χ4n) is 6.65. The van der Waals surface area contributed by atoms with E-state index in [-0.39, 0.29) is 0 Å². The Kier molecular flexibility index (Phi) is 2.08. The van der Waals surface area contributed by atoms with Crippen molar-refractivity contribution in [2.75, 3.05) is 0 Å². The van der Waals surface area contributed by atoms with Crippen LogP contribution in [0.15, 0.2) is 36.4 Å². The van der Waals surface area contributed by atoms with Crippen molar-refractivity contribution in [1.82, 2.24) is 0 Å². The fraction of sp³-hybridized carbons (Fsp3) is 0.600. The van der Waals surface area contributed by atoms with E-state index in [1.807, 2.05) is 0 Å². The molecule has 2 bridgehead atoms. The third kappa shape index (κ3) is 1.13. The molecule has 0 aliphatic heterocycles. The first-order valence-electron chi connectivity index (χ1n) is 8.52. The Morgan fingerprint density at radius 3 is 2.80 bits per heavy atom. The first-order valence-corrected chi connectivity index (χ1v) is 8.52. The number of allylic oxidation sites excluding steroid dienone is 2. The summed E-state index contributed by atoms with van der Waals surface area (Å²) in [5.41, 5.74) is 4.49. The quantitative estimate of drug-likeness (QED) is 0.572. The topological polar surface area (TPSA) is 0 Å². The molecule has 4 aliphatic carbocycles. The maximum absolute atomic E-state index is 2.67. The maximum Gasteiger partial charge on any atom is -0.00244 e. The van der Waals surface area contributed by atoms with Crippen molar-refractivity contribution in [2.45, 2.75) is 51.4 Å². The normalized spacial score (nSPS) is 47.8. The van der Waals surface area contributed by atoms with Gasteiger partial charge in [-0.05, 0) is 78.2 Å². The van der Waals surface area contributed by atoms with Crippen LogP contribution in [-0.4, -0.2) is 0 Å². The van der Waals surface area contributed by atoms with Crippen molar-refractivity contribution in [3.8, 4) is 0 Å². The molecule has 5 rings (SSSR count). The zero-order valence-corrected chi connectivity index (χ0v) is 12.4. The van der Waals surface area contributed by atoms with Gasteiger partial charge in [-0.2, -0.15) is 0 Å². The zero-order chi connectivity index (χ0) is 13.4. The van der Waals surface area contributed by atoms with E-state index >= 15 is 0 Å². The van der Waals surface area contributed by atoms with Gasteiger partial charge in [0.15, 0.2) is 0 Å². The van der Waals surface area contributed by atoms with Crippen molar-refractivity contribution in [1.29, 1.82) is 0 Å². The lowest BCUT2D eigenvalue weighted by molar-refractivity contribution is -0.00856. The summed E-state index contributed by atoms with van der Waals surface area (Å²) in [6.45, 7) is 2.61. The third-order valence-electron chi connectivity index (χ3n) is 7.68. The average Bonchev–Trinajstić information content (AvgIpc) is 2.96. The van der Waals surface area contributed by atoms with E-state index < -0.39 is 0 Å². The van der Waals surface area contributed by atoms with E-state index in [2.05, 4.69) is 43.3 Å². The minimum atomic E-state index is 0.550. The van der Waals surface area contributed by atoms with Crippen molar-refractivity contribution in [3.05, 3.63) is 47.5 Å². The fourth-order valence-corrected chi connectivity index (χ4v) is 6.65. The summed E-state index contributed by atoms with van der Waals surface area (Å²) in [4.78, 5) is 0. The summed E-state index contributed by atoms with van der Waals surface area (Å²) < 4.78 is 0. The molecule has 2 saturated carbocycles. The average molecular weight is 264 g/mol.